The number of aliphatic hydroxyl groups is 3. The maximum atomic E-state index is 13.1. The van der Waals surface area contributed by atoms with Crippen molar-refractivity contribution in [3.05, 3.63) is 63.9 Å². The van der Waals surface area contributed by atoms with Gasteiger partial charge in [-0.15, -0.1) is 0 Å². The van der Waals surface area contributed by atoms with Crippen molar-refractivity contribution in [3.63, 3.8) is 0 Å². The van der Waals surface area contributed by atoms with E-state index in [-0.39, 0.29) is 29.8 Å². The second-order valence-corrected chi connectivity index (χ2v) is 8.22. The van der Waals surface area contributed by atoms with Crippen LogP contribution in [0.2, 0.25) is 0 Å². The molecule has 0 aromatic heterocycles. The molecule has 0 amide bonds. The van der Waals surface area contributed by atoms with Gasteiger partial charge >= 0.3 is 0 Å². The largest absolute Gasteiger partial charge is 0.507 e. The van der Waals surface area contributed by atoms with Crippen LogP contribution in [0.1, 0.15) is 50.4 Å². The van der Waals surface area contributed by atoms with E-state index in [4.69, 9.17) is 4.74 Å². The van der Waals surface area contributed by atoms with Gasteiger partial charge in [-0.2, -0.15) is 0 Å². The molecule has 9 nitrogen and oxygen atoms in total. The lowest BCUT2D eigenvalue weighted by Crippen LogP contribution is -2.48. The lowest BCUT2D eigenvalue weighted by molar-refractivity contribution is -0.126. The fraction of sp³-hybridized carbons (Fsp3) is 0.304. The van der Waals surface area contributed by atoms with E-state index in [0.717, 1.165) is 11.6 Å². The normalized spacial score (nSPS) is 24.5. The number of ether oxygens (including phenoxy) is 1. The average molecular weight is 441 g/mol. The van der Waals surface area contributed by atoms with Crippen molar-refractivity contribution in [1.29, 1.82) is 0 Å². The molecule has 168 valence electrons. The number of ketones is 2. The minimum absolute atomic E-state index is 0.0730. The number of rotatable bonds is 4. The number of carbonyl (C=O) groups is 2. The van der Waals surface area contributed by atoms with Gasteiger partial charge in [-0.05, 0) is 24.6 Å². The molecule has 0 aliphatic heterocycles. The smallest absolute Gasteiger partial charge is 0.213 e. The Morgan fingerprint density at radius 2 is 1.75 bits per heavy atom. The minimum atomic E-state index is -1.82. The predicted molar refractivity (Wildman–Crippen MR) is 112 cm³/mol. The highest BCUT2D eigenvalue weighted by Gasteiger charge is 2.47. The van der Waals surface area contributed by atoms with Gasteiger partial charge in [0, 0.05) is 30.2 Å². The van der Waals surface area contributed by atoms with Crippen molar-refractivity contribution in [2.45, 2.75) is 37.7 Å². The topological polar surface area (TPSA) is 157 Å². The summed E-state index contributed by atoms with van der Waals surface area (Å²) in [5.41, 5.74) is -2.32. The molecule has 0 saturated heterocycles. The average Bonchev–Trinajstić information content (AvgIpc) is 2.76. The third kappa shape index (κ3) is 3.31. The Balaban J connectivity index is 1.72. The lowest BCUT2D eigenvalue weighted by atomic mass is 9.73. The van der Waals surface area contributed by atoms with Crippen molar-refractivity contribution >= 4 is 11.6 Å². The summed E-state index contributed by atoms with van der Waals surface area (Å²) >= 11 is 0. The van der Waals surface area contributed by atoms with Gasteiger partial charge in [0.05, 0.1) is 29.5 Å². The molecule has 2 aliphatic carbocycles. The van der Waals surface area contributed by atoms with E-state index in [0.29, 0.717) is 5.75 Å². The van der Waals surface area contributed by atoms with E-state index in [2.05, 4.69) is 5.32 Å². The predicted octanol–water partition coefficient (Wildman–Crippen LogP) is 0.860. The first-order valence-corrected chi connectivity index (χ1v) is 9.93. The summed E-state index contributed by atoms with van der Waals surface area (Å²) < 4.78 is 5.10. The molecular formula is C23H23NO8. The molecule has 2 aliphatic rings. The van der Waals surface area contributed by atoms with Crippen LogP contribution in [0, 0.1) is 0 Å². The summed E-state index contributed by atoms with van der Waals surface area (Å²) in [4.78, 5) is 25.9. The van der Waals surface area contributed by atoms with Gasteiger partial charge in [0.2, 0.25) is 5.78 Å². The molecule has 3 atom stereocenters. The first-order chi connectivity index (χ1) is 15.1. The number of hydrogen-bond acceptors (Lipinski definition) is 9. The molecule has 0 fully saturated rings. The zero-order valence-electron chi connectivity index (χ0n) is 17.4. The standard InChI is InChI=1S/C23H23NO8/c1-23(31)8-12-15(21(29)22(23)30)20(28)16-14(25)7-13(19(27)17(16)18(12)26)24-9-10-3-5-11(32-2)6-4-10/h3-7,21-22,24,26,28-31H,8-9H2,1-2H3/t21-,22+,23-/m0/s1. The highest BCUT2D eigenvalue weighted by molar-refractivity contribution is 6.26. The van der Waals surface area contributed by atoms with Crippen molar-refractivity contribution < 1.29 is 39.9 Å². The van der Waals surface area contributed by atoms with Crippen LogP contribution >= 0.6 is 0 Å². The van der Waals surface area contributed by atoms with Gasteiger partial charge in [0.15, 0.2) is 5.78 Å². The summed E-state index contributed by atoms with van der Waals surface area (Å²) in [5, 5.41) is 55.4. The van der Waals surface area contributed by atoms with E-state index < -0.39 is 52.0 Å². The summed E-state index contributed by atoms with van der Waals surface area (Å²) in [7, 11) is 1.54. The van der Waals surface area contributed by atoms with E-state index in [1.807, 2.05) is 0 Å². The SMILES string of the molecule is COc1ccc(CNC2=CC(=O)c3c(O)c4c(c(O)c3C2=O)C[C@](C)(O)[C@H](O)[C@H]4O)cc1. The first-order valence-electron chi connectivity index (χ1n) is 9.93. The van der Waals surface area contributed by atoms with Gasteiger partial charge in [-0.25, -0.2) is 0 Å². The molecule has 0 unspecified atom stereocenters. The lowest BCUT2D eigenvalue weighted by Gasteiger charge is -2.39. The summed E-state index contributed by atoms with van der Waals surface area (Å²) in [6, 6.07) is 7.06. The molecule has 32 heavy (non-hydrogen) atoms. The highest BCUT2D eigenvalue weighted by atomic mass is 16.5. The molecule has 0 spiro atoms. The van der Waals surface area contributed by atoms with Gasteiger partial charge in [-0.3, -0.25) is 9.59 Å². The number of carbonyl (C=O) groups excluding carboxylic acids is 2. The van der Waals surface area contributed by atoms with Crippen molar-refractivity contribution in [2.24, 2.45) is 0 Å². The van der Waals surface area contributed by atoms with Crippen LogP contribution in [-0.4, -0.2) is 55.9 Å². The number of nitrogens with one attached hydrogen (secondary N) is 1. The molecule has 6 N–H and O–H groups in total. The fourth-order valence-electron chi connectivity index (χ4n) is 4.19. The number of Topliss-reactive ketones (excluding diaryl/α,β-unsaturated/α-hetero) is 1. The Labute approximate surface area is 183 Å². The third-order valence-electron chi connectivity index (χ3n) is 5.99. The van der Waals surface area contributed by atoms with E-state index in [9.17, 15) is 35.1 Å². The van der Waals surface area contributed by atoms with Crippen molar-refractivity contribution in [3.8, 4) is 17.2 Å². The van der Waals surface area contributed by atoms with Gasteiger partial charge in [-0.1, -0.05) is 12.1 Å². The summed E-state index contributed by atoms with van der Waals surface area (Å²) in [6.45, 7) is 1.47. The van der Waals surface area contributed by atoms with Gasteiger partial charge in [0.1, 0.15) is 29.5 Å². The van der Waals surface area contributed by atoms with Gasteiger partial charge in [0.25, 0.3) is 0 Å². The maximum Gasteiger partial charge on any atom is 0.213 e. The molecular weight excluding hydrogens is 418 g/mol. The number of methoxy groups -OCH3 is 1. The Morgan fingerprint density at radius 3 is 2.38 bits per heavy atom. The quantitative estimate of drug-likeness (QED) is 0.379. The zero-order valence-corrected chi connectivity index (χ0v) is 17.4. The van der Waals surface area contributed by atoms with Crippen LogP contribution < -0.4 is 10.1 Å². The Hall–Kier alpha value is -3.40. The Bertz CT molecular complexity index is 1150. The summed E-state index contributed by atoms with van der Waals surface area (Å²) in [5.74, 6) is -2.11. The Kier molecular flexibility index (Phi) is 5.20. The number of fused-ring (bicyclic) bond motifs is 2. The van der Waals surface area contributed by atoms with E-state index in [1.54, 1.807) is 31.4 Å². The number of aliphatic hydroxyl groups excluding tert-OH is 2. The zero-order chi connectivity index (χ0) is 23.4. The molecule has 4 rings (SSSR count). The number of phenols is 2. The monoisotopic (exact) mass is 441 g/mol. The number of benzene rings is 2. The van der Waals surface area contributed by atoms with E-state index in [1.165, 1.54) is 6.92 Å². The molecule has 0 radical (unpaired) electrons. The van der Waals surface area contributed by atoms with Crippen LogP contribution in [0.5, 0.6) is 17.2 Å². The molecule has 9 heteroatoms. The molecule has 2 aromatic rings. The second-order valence-electron chi connectivity index (χ2n) is 8.22. The first kappa shape index (κ1) is 21.8. The maximum absolute atomic E-state index is 13.1. The van der Waals surface area contributed by atoms with Crippen molar-refractivity contribution in [1.82, 2.24) is 5.32 Å². The Morgan fingerprint density at radius 1 is 1.09 bits per heavy atom. The van der Waals surface area contributed by atoms with E-state index >= 15 is 0 Å². The third-order valence-corrected chi connectivity index (χ3v) is 5.99. The molecule has 0 heterocycles. The number of aromatic hydroxyl groups is 2. The van der Waals surface area contributed by atoms with Crippen molar-refractivity contribution in [2.75, 3.05) is 7.11 Å². The summed E-state index contributed by atoms with van der Waals surface area (Å²) in [6.07, 6.45) is -2.74. The number of hydrogen-bond donors (Lipinski definition) is 6. The van der Waals surface area contributed by atoms with Crippen LogP contribution in [0.25, 0.3) is 0 Å². The van der Waals surface area contributed by atoms with Crippen LogP contribution in [0.3, 0.4) is 0 Å². The number of allylic oxidation sites excluding steroid dienone is 2. The minimum Gasteiger partial charge on any atom is -0.507 e. The van der Waals surface area contributed by atoms with Crippen LogP contribution in [-0.2, 0) is 13.0 Å². The molecule has 0 bridgehead atoms. The number of phenolic OH excluding ortho intramolecular Hbond substituents is 2. The molecule has 0 saturated carbocycles. The molecule has 2 aromatic carbocycles. The van der Waals surface area contributed by atoms with Crippen LogP contribution in [0.4, 0.5) is 0 Å². The fourth-order valence-corrected chi connectivity index (χ4v) is 4.19. The highest BCUT2D eigenvalue weighted by Crippen LogP contribution is 2.49. The second kappa shape index (κ2) is 7.63. The van der Waals surface area contributed by atoms with Crippen LogP contribution in [0.15, 0.2) is 36.0 Å². The van der Waals surface area contributed by atoms with Gasteiger partial charge < -0.3 is 35.6 Å².